The molecule has 0 atom stereocenters. The predicted molar refractivity (Wildman–Crippen MR) is 67.7 cm³/mol. The molecule has 0 rings (SSSR count). The van der Waals surface area contributed by atoms with Gasteiger partial charge in [-0.25, -0.2) is 0 Å². The molecule has 9 heteroatoms. The van der Waals surface area contributed by atoms with Crippen LogP contribution in [0.15, 0.2) is 0 Å². The third-order valence-corrected chi connectivity index (χ3v) is 8.30. The summed E-state index contributed by atoms with van der Waals surface area (Å²) in [5, 5.41) is 8.24. The first-order chi connectivity index (χ1) is 8.30. The number of rotatable bonds is 9. The van der Waals surface area contributed by atoms with Crippen LogP contribution in [-0.2, 0) is 27.2 Å². The molecule has 0 saturated carbocycles. The largest absolute Gasteiger partial charge is 0.374 e. The van der Waals surface area contributed by atoms with Gasteiger partial charge in [0.05, 0.1) is 0 Å². The van der Waals surface area contributed by atoms with E-state index in [9.17, 15) is 14.2 Å². The zero-order valence-corrected chi connectivity index (χ0v) is 13.2. The van der Waals surface area contributed by atoms with E-state index in [2.05, 4.69) is 0 Å². The van der Waals surface area contributed by atoms with Crippen LogP contribution in [-0.4, -0.2) is 38.6 Å². The van der Waals surface area contributed by atoms with E-state index in [0.29, 0.717) is 12.8 Å². The van der Waals surface area contributed by atoms with Crippen LogP contribution in [0.1, 0.15) is 26.2 Å². The van der Waals surface area contributed by atoms with E-state index in [-0.39, 0.29) is 6.42 Å². The second-order valence-corrected chi connectivity index (χ2v) is 8.89. The van der Waals surface area contributed by atoms with Crippen molar-refractivity contribution in [3.63, 3.8) is 0 Å². The average Bonchev–Trinajstić information content (AvgIpc) is 2.42. The Hall–Kier alpha value is 0.260. The minimum Gasteiger partial charge on any atom is -0.368 e. The lowest BCUT2D eigenvalue weighted by Gasteiger charge is -2.36. The predicted octanol–water partition coefficient (Wildman–Crippen LogP) is 2.79. The van der Waals surface area contributed by atoms with E-state index in [1.807, 2.05) is 6.92 Å². The van der Waals surface area contributed by atoms with Gasteiger partial charge in [-0.15, -0.1) is 0 Å². The Morgan fingerprint density at radius 2 is 1.28 bits per heavy atom. The Labute approximate surface area is 108 Å². The van der Waals surface area contributed by atoms with Crippen molar-refractivity contribution in [2.45, 2.75) is 31.3 Å². The molecular formula is C9H22O7P2. The molecular weight excluding hydrogens is 282 g/mol. The molecule has 0 radical (unpaired) electrons. The van der Waals surface area contributed by atoms with Gasteiger partial charge >= 0.3 is 15.2 Å². The molecule has 0 aliphatic carbocycles. The first-order valence-corrected chi connectivity index (χ1v) is 8.55. The Balaban J connectivity index is 5.71. The Bertz CT molecular complexity index is 302. The van der Waals surface area contributed by atoms with Crippen LogP contribution in [0.4, 0.5) is 0 Å². The highest BCUT2D eigenvalue weighted by atomic mass is 31.2. The fraction of sp³-hybridized carbons (Fsp3) is 1.00. The Morgan fingerprint density at radius 1 is 0.944 bits per heavy atom. The highest BCUT2D eigenvalue weighted by molar-refractivity contribution is 7.73. The van der Waals surface area contributed by atoms with Crippen LogP contribution in [0.2, 0.25) is 0 Å². The van der Waals surface area contributed by atoms with Crippen LogP contribution >= 0.6 is 15.2 Å². The minimum atomic E-state index is -4.05. The molecule has 0 aromatic rings. The maximum absolute atomic E-state index is 12.4. The summed E-state index contributed by atoms with van der Waals surface area (Å²) in [6.45, 7) is 1.87. The SMILES string of the molecule is CCCCC(O)(P(=O)(OC)OC)P(=O)(OC)OC. The van der Waals surface area contributed by atoms with E-state index >= 15 is 0 Å². The molecule has 110 valence electrons. The fourth-order valence-corrected chi connectivity index (χ4v) is 6.08. The number of unbranched alkanes of at least 4 members (excludes halogenated alkanes) is 1. The number of aliphatic hydroxyl groups is 1. The first kappa shape index (κ1) is 18.3. The molecule has 0 aromatic heterocycles. The quantitative estimate of drug-likeness (QED) is 0.655. The lowest BCUT2D eigenvalue weighted by Crippen LogP contribution is -2.31. The fourth-order valence-electron chi connectivity index (χ4n) is 1.57. The normalized spacial score (nSPS) is 13.9. The van der Waals surface area contributed by atoms with E-state index in [1.165, 1.54) is 0 Å². The molecule has 1 N–H and O–H groups in total. The van der Waals surface area contributed by atoms with E-state index in [1.54, 1.807) is 0 Å². The van der Waals surface area contributed by atoms with Crippen molar-refractivity contribution < 1.29 is 32.3 Å². The molecule has 0 spiro atoms. The van der Waals surface area contributed by atoms with Crippen LogP contribution in [0.25, 0.3) is 0 Å². The molecule has 7 nitrogen and oxygen atoms in total. The summed E-state index contributed by atoms with van der Waals surface area (Å²) in [6.07, 6.45) is 1.08. The second-order valence-electron chi connectivity index (χ2n) is 3.60. The Morgan fingerprint density at radius 3 is 1.50 bits per heavy atom. The van der Waals surface area contributed by atoms with Crippen LogP contribution < -0.4 is 0 Å². The molecule has 0 fully saturated rings. The molecule has 0 aliphatic heterocycles. The molecule has 0 saturated heterocycles. The van der Waals surface area contributed by atoms with E-state index in [4.69, 9.17) is 18.1 Å². The van der Waals surface area contributed by atoms with E-state index in [0.717, 1.165) is 28.4 Å². The summed E-state index contributed by atoms with van der Waals surface area (Å²) < 4.78 is 43.8. The monoisotopic (exact) mass is 304 g/mol. The van der Waals surface area contributed by atoms with Gasteiger partial charge in [0, 0.05) is 28.4 Å². The highest BCUT2D eigenvalue weighted by Gasteiger charge is 2.63. The first-order valence-electron chi connectivity index (χ1n) is 5.46. The lowest BCUT2D eigenvalue weighted by atomic mass is 10.3. The van der Waals surface area contributed by atoms with Gasteiger partial charge in [0.25, 0.3) is 5.08 Å². The van der Waals surface area contributed by atoms with Crippen LogP contribution in [0.3, 0.4) is 0 Å². The third-order valence-electron chi connectivity index (χ3n) is 2.70. The maximum atomic E-state index is 12.4. The van der Waals surface area contributed by atoms with Crippen molar-refractivity contribution in [3.05, 3.63) is 0 Å². The van der Waals surface area contributed by atoms with Gasteiger partial charge < -0.3 is 23.2 Å². The minimum absolute atomic E-state index is 0.0819. The molecule has 0 amide bonds. The molecule has 0 heterocycles. The Kier molecular flexibility index (Phi) is 7.26. The summed E-state index contributed by atoms with van der Waals surface area (Å²) in [7, 11) is -3.66. The zero-order valence-electron chi connectivity index (χ0n) is 11.4. The van der Waals surface area contributed by atoms with Gasteiger partial charge in [-0.2, -0.15) is 0 Å². The van der Waals surface area contributed by atoms with Gasteiger partial charge in [-0.3, -0.25) is 9.13 Å². The molecule has 0 aromatic carbocycles. The smallest absolute Gasteiger partial charge is 0.368 e. The highest BCUT2D eigenvalue weighted by Crippen LogP contribution is 2.77. The van der Waals surface area contributed by atoms with Gasteiger partial charge in [0.15, 0.2) is 0 Å². The number of hydrogen-bond acceptors (Lipinski definition) is 7. The van der Waals surface area contributed by atoms with E-state index < -0.39 is 20.3 Å². The average molecular weight is 304 g/mol. The second kappa shape index (κ2) is 7.15. The zero-order chi connectivity index (χ0) is 14.4. The maximum Gasteiger partial charge on any atom is 0.374 e. The van der Waals surface area contributed by atoms with Gasteiger partial charge in [-0.1, -0.05) is 13.3 Å². The molecule has 0 unspecified atom stereocenters. The van der Waals surface area contributed by atoms with Gasteiger partial charge in [0.2, 0.25) is 0 Å². The van der Waals surface area contributed by atoms with Gasteiger partial charge in [0.1, 0.15) is 0 Å². The van der Waals surface area contributed by atoms with Crippen molar-refractivity contribution in [3.8, 4) is 0 Å². The summed E-state index contributed by atoms with van der Waals surface area (Å²) in [5.74, 6) is 0. The summed E-state index contributed by atoms with van der Waals surface area (Å²) in [6, 6.07) is 0. The third kappa shape index (κ3) is 3.05. The number of hydrogen-bond donors (Lipinski definition) is 1. The molecule has 0 aliphatic rings. The molecule has 18 heavy (non-hydrogen) atoms. The van der Waals surface area contributed by atoms with Crippen molar-refractivity contribution in [1.29, 1.82) is 0 Å². The van der Waals surface area contributed by atoms with Crippen molar-refractivity contribution in [2.24, 2.45) is 0 Å². The summed E-state index contributed by atoms with van der Waals surface area (Å²) >= 11 is 0. The topological polar surface area (TPSA) is 91.3 Å². The van der Waals surface area contributed by atoms with Gasteiger partial charge in [-0.05, 0) is 12.8 Å². The van der Waals surface area contributed by atoms with Crippen LogP contribution in [0, 0.1) is 0 Å². The lowest BCUT2D eigenvalue weighted by molar-refractivity contribution is 0.0954. The molecule has 0 bridgehead atoms. The standard InChI is InChI=1S/C9H22O7P2/c1-6-7-8-9(10,17(11,13-2)14-3)18(12,15-4)16-5/h10H,6-8H2,1-5H3. The summed E-state index contributed by atoms with van der Waals surface area (Å²) in [4.78, 5) is 0. The van der Waals surface area contributed by atoms with Crippen molar-refractivity contribution in [1.82, 2.24) is 0 Å². The van der Waals surface area contributed by atoms with Crippen LogP contribution in [0.5, 0.6) is 0 Å². The van der Waals surface area contributed by atoms with Crippen molar-refractivity contribution >= 4 is 15.2 Å². The van der Waals surface area contributed by atoms with Crippen molar-refractivity contribution in [2.75, 3.05) is 28.4 Å². The summed E-state index contributed by atoms with van der Waals surface area (Å²) in [5.41, 5.74) is 0.